The predicted octanol–water partition coefficient (Wildman–Crippen LogP) is 2.61. The molecule has 2 aromatic rings. The first-order valence-electron chi connectivity index (χ1n) is 6.81. The minimum Gasteiger partial charge on any atom is -0.493 e. The number of para-hydroxylation sites is 1. The minimum absolute atomic E-state index is 0.0466. The van der Waals surface area contributed by atoms with Gasteiger partial charge in [-0.2, -0.15) is 10.2 Å². The van der Waals surface area contributed by atoms with Crippen LogP contribution < -0.4 is 4.74 Å². The van der Waals surface area contributed by atoms with Crippen LogP contribution in [0.3, 0.4) is 0 Å². The van der Waals surface area contributed by atoms with E-state index in [0.717, 1.165) is 24.2 Å². The van der Waals surface area contributed by atoms with Crippen molar-refractivity contribution in [3.63, 3.8) is 0 Å². The average molecular weight is 267 g/mol. The van der Waals surface area contributed by atoms with Gasteiger partial charge in [0.2, 0.25) is 5.89 Å². The van der Waals surface area contributed by atoms with Crippen LogP contribution >= 0.6 is 0 Å². The molecule has 3 unspecified atom stereocenters. The Morgan fingerprint density at radius 1 is 1.30 bits per heavy atom. The highest BCUT2D eigenvalue weighted by atomic mass is 16.5. The van der Waals surface area contributed by atoms with Gasteiger partial charge in [0.1, 0.15) is 5.75 Å². The van der Waals surface area contributed by atoms with Gasteiger partial charge in [0.15, 0.2) is 5.82 Å². The van der Waals surface area contributed by atoms with E-state index in [0.29, 0.717) is 18.3 Å². The maximum atomic E-state index is 8.87. The van der Waals surface area contributed by atoms with Gasteiger partial charge in [0.05, 0.1) is 30.4 Å². The lowest BCUT2D eigenvalue weighted by Gasteiger charge is -2.23. The van der Waals surface area contributed by atoms with Crippen molar-refractivity contribution in [1.29, 1.82) is 5.26 Å². The first kappa shape index (κ1) is 11.5. The number of benzene rings is 1. The molecule has 20 heavy (non-hydrogen) atoms. The van der Waals surface area contributed by atoms with E-state index in [9.17, 15) is 0 Å². The smallest absolute Gasteiger partial charge is 0.231 e. The molecule has 5 nitrogen and oxygen atoms in total. The second-order valence-corrected chi connectivity index (χ2v) is 5.30. The molecule has 1 aliphatic heterocycles. The second-order valence-electron chi connectivity index (χ2n) is 5.30. The van der Waals surface area contributed by atoms with Gasteiger partial charge in [0, 0.05) is 5.56 Å². The third-order valence-electron chi connectivity index (χ3n) is 4.00. The normalized spacial score (nSPS) is 27.2. The number of nitrogens with zero attached hydrogens (tertiary/aromatic N) is 3. The Balaban J connectivity index is 1.65. The standard InChI is InChI=1S/C15H13N3O2/c16-8-9-7-12(9)15-17-14(18-20-15)11-5-6-19-13-4-2-1-3-10(11)13/h1-4,9,11-12H,5-7H2. The Morgan fingerprint density at radius 3 is 3.05 bits per heavy atom. The van der Waals surface area contributed by atoms with Gasteiger partial charge in [-0.1, -0.05) is 23.4 Å². The number of nitriles is 1. The summed E-state index contributed by atoms with van der Waals surface area (Å²) in [5.41, 5.74) is 1.11. The van der Waals surface area contributed by atoms with E-state index < -0.39 is 0 Å². The maximum Gasteiger partial charge on any atom is 0.231 e. The summed E-state index contributed by atoms with van der Waals surface area (Å²) in [5.74, 6) is 2.52. The highest BCUT2D eigenvalue weighted by molar-refractivity contribution is 5.40. The van der Waals surface area contributed by atoms with Crippen LogP contribution in [-0.2, 0) is 0 Å². The molecule has 1 aromatic carbocycles. The summed E-state index contributed by atoms with van der Waals surface area (Å²) in [7, 11) is 0. The van der Waals surface area contributed by atoms with E-state index in [1.54, 1.807) is 0 Å². The third kappa shape index (κ3) is 1.76. The summed E-state index contributed by atoms with van der Waals surface area (Å²) in [6.45, 7) is 0.663. The molecule has 1 fully saturated rings. The number of rotatable bonds is 2. The number of hydrogen-bond acceptors (Lipinski definition) is 5. The van der Waals surface area contributed by atoms with Crippen LogP contribution in [0, 0.1) is 17.2 Å². The zero-order valence-corrected chi connectivity index (χ0v) is 10.8. The van der Waals surface area contributed by atoms with Crippen LogP contribution in [0.2, 0.25) is 0 Å². The molecular weight excluding hydrogens is 254 g/mol. The van der Waals surface area contributed by atoms with E-state index in [-0.39, 0.29) is 17.8 Å². The van der Waals surface area contributed by atoms with E-state index in [1.807, 2.05) is 24.3 Å². The molecule has 100 valence electrons. The van der Waals surface area contributed by atoms with Crippen molar-refractivity contribution in [3.8, 4) is 11.8 Å². The lowest BCUT2D eigenvalue weighted by atomic mass is 9.92. The molecule has 0 spiro atoms. The van der Waals surface area contributed by atoms with Crippen LogP contribution in [0.5, 0.6) is 5.75 Å². The van der Waals surface area contributed by atoms with Gasteiger partial charge in [-0.25, -0.2) is 0 Å². The topological polar surface area (TPSA) is 71.9 Å². The molecule has 2 heterocycles. The van der Waals surface area contributed by atoms with Gasteiger partial charge < -0.3 is 9.26 Å². The second kappa shape index (κ2) is 4.34. The van der Waals surface area contributed by atoms with E-state index in [2.05, 4.69) is 16.2 Å². The van der Waals surface area contributed by atoms with Crippen molar-refractivity contribution in [3.05, 3.63) is 41.5 Å². The summed E-state index contributed by atoms with van der Waals surface area (Å²) < 4.78 is 11.0. The van der Waals surface area contributed by atoms with Gasteiger partial charge in [-0.15, -0.1) is 0 Å². The molecule has 4 rings (SSSR count). The predicted molar refractivity (Wildman–Crippen MR) is 69.2 cm³/mol. The fourth-order valence-electron chi connectivity index (χ4n) is 2.76. The highest BCUT2D eigenvalue weighted by Crippen LogP contribution is 2.46. The molecule has 2 aliphatic rings. The van der Waals surface area contributed by atoms with Crippen LogP contribution in [0.1, 0.15) is 42.0 Å². The van der Waals surface area contributed by atoms with Gasteiger partial charge >= 0.3 is 0 Å². The summed E-state index contributed by atoms with van der Waals surface area (Å²) >= 11 is 0. The summed E-state index contributed by atoms with van der Waals surface area (Å²) in [4.78, 5) is 4.51. The molecule has 3 atom stereocenters. The Kier molecular flexibility index (Phi) is 2.49. The van der Waals surface area contributed by atoms with Crippen molar-refractivity contribution in [2.75, 3.05) is 6.61 Å². The van der Waals surface area contributed by atoms with E-state index in [4.69, 9.17) is 14.5 Å². The van der Waals surface area contributed by atoms with E-state index in [1.165, 1.54) is 0 Å². The molecule has 1 aliphatic carbocycles. The number of aromatic nitrogens is 2. The Morgan fingerprint density at radius 2 is 2.20 bits per heavy atom. The molecule has 1 aromatic heterocycles. The molecule has 0 saturated heterocycles. The summed E-state index contributed by atoms with van der Waals surface area (Å²) in [6.07, 6.45) is 1.69. The summed E-state index contributed by atoms with van der Waals surface area (Å²) in [6, 6.07) is 10.2. The van der Waals surface area contributed by atoms with Crippen LogP contribution in [0.25, 0.3) is 0 Å². The minimum atomic E-state index is 0.0466. The van der Waals surface area contributed by atoms with Crippen LogP contribution in [-0.4, -0.2) is 16.7 Å². The molecule has 0 amide bonds. The Hall–Kier alpha value is -2.35. The highest BCUT2D eigenvalue weighted by Gasteiger charge is 2.43. The van der Waals surface area contributed by atoms with Crippen molar-refractivity contribution < 1.29 is 9.26 Å². The monoisotopic (exact) mass is 267 g/mol. The van der Waals surface area contributed by atoms with Crippen molar-refractivity contribution in [2.45, 2.75) is 24.7 Å². The zero-order valence-electron chi connectivity index (χ0n) is 10.8. The molecule has 1 saturated carbocycles. The van der Waals surface area contributed by atoms with Gasteiger partial charge in [0.25, 0.3) is 0 Å². The number of hydrogen-bond donors (Lipinski definition) is 0. The summed E-state index contributed by atoms with van der Waals surface area (Å²) in [5, 5.41) is 13.0. The average Bonchev–Trinajstić information content (AvgIpc) is 3.14. The Labute approximate surface area is 116 Å². The first-order valence-corrected chi connectivity index (χ1v) is 6.81. The van der Waals surface area contributed by atoms with Gasteiger partial charge in [-0.05, 0) is 18.9 Å². The maximum absolute atomic E-state index is 8.87. The van der Waals surface area contributed by atoms with Crippen molar-refractivity contribution in [1.82, 2.24) is 10.1 Å². The fourth-order valence-corrected chi connectivity index (χ4v) is 2.76. The lowest BCUT2D eigenvalue weighted by molar-refractivity contribution is 0.272. The number of ether oxygens (including phenoxy) is 1. The fraction of sp³-hybridized carbons (Fsp3) is 0.400. The van der Waals surface area contributed by atoms with E-state index >= 15 is 0 Å². The largest absolute Gasteiger partial charge is 0.493 e. The molecule has 0 bridgehead atoms. The van der Waals surface area contributed by atoms with Crippen LogP contribution in [0.15, 0.2) is 28.8 Å². The third-order valence-corrected chi connectivity index (χ3v) is 4.00. The quantitative estimate of drug-likeness (QED) is 0.836. The van der Waals surface area contributed by atoms with Crippen molar-refractivity contribution >= 4 is 0 Å². The zero-order chi connectivity index (χ0) is 13.5. The molecule has 0 radical (unpaired) electrons. The Bertz CT molecular complexity index is 688. The van der Waals surface area contributed by atoms with Crippen LogP contribution in [0.4, 0.5) is 0 Å². The SMILES string of the molecule is N#CC1CC1c1nc(C2CCOc3ccccc32)no1. The first-order chi connectivity index (χ1) is 9.86. The molecule has 0 N–H and O–H groups in total. The number of fused-ring (bicyclic) bond motifs is 1. The lowest BCUT2D eigenvalue weighted by Crippen LogP contribution is -2.16. The molecule has 5 heteroatoms. The van der Waals surface area contributed by atoms with Crippen molar-refractivity contribution in [2.24, 2.45) is 5.92 Å². The molecular formula is C15H13N3O2. The van der Waals surface area contributed by atoms with Gasteiger partial charge in [-0.3, -0.25) is 0 Å².